The van der Waals surface area contributed by atoms with Crippen molar-refractivity contribution in [2.75, 3.05) is 36.5 Å². The summed E-state index contributed by atoms with van der Waals surface area (Å²) in [5, 5.41) is 7.34. The van der Waals surface area contributed by atoms with Crippen molar-refractivity contribution in [3.8, 4) is 0 Å². The lowest BCUT2D eigenvalue weighted by Gasteiger charge is -2.27. The monoisotopic (exact) mass is 367 g/mol. The largest absolute Gasteiger partial charge is 0.378 e. The number of hydrogen-bond donors (Lipinski definition) is 1. The SMILES string of the molecule is CC(C)c1ccc(NC(=O)c2noc3ncnc(N4CCOCC4)c23)cc1. The Morgan fingerprint density at radius 2 is 1.89 bits per heavy atom. The van der Waals surface area contributed by atoms with Gasteiger partial charge < -0.3 is 19.5 Å². The summed E-state index contributed by atoms with van der Waals surface area (Å²) in [5.74, 6) is 0.725. The third-order valence-electron chi connectivity index (χ3n) is 4.61. The normalized spacial score (nSPS) is 14.7. The van der Waals surface area contributed by atoms with Gasteiger partial charge >= 0.3 is 0 Å². The Balaban J connectivity index is 1.63. The molecular formula is C19H21N5O3. The Kier molecular flexibility index (Phi) is 4.72. The molecule has 1 aliphatic heterocycles. The van der Waals surface area contributed by atoms with E-state index in [-0.39, 0.29) is 11.6 Å². The molecule has 27 heavy (non-hydrogen) atoms. The molecule has 0 atom stereocenters. The van der Waals surface area contributed by atoms with Gasteiger partial charge in [-0.25, -0.2) is 4.98 Å². The van der Waals surface area contributed by atoms with Gasteiger partial charge in [-0.2, -0.15) is 4.98 Å². The van der Waals surface area contributed by atoms with Crippen LogP contribution in [-0.2, 0) is 4.74 Å². The van der Waals surface area contributed by atoms with E-state index in [1.165, 1.54) is 11.9 Å². The first-order chi connectivity index (χ1) is 13.1. The summed E-state index contributed by atoms with van der Waals surface area (Å²) < 4.78 is 10.7. The van der Waals surface area contributed by atoms with Crippen LogP contribution in [0.1, 0.15) is 35.8 Å². The topological polar surface area (TPSA) is 93.4 Å². The van der Waals surface area contributed by atoms with Crippen molar-refractivity contribution < 1.29 is 14.1 Å². The highest BCUT2D eigenvalue weighted by Gasteiger charge is 2.25. The predicted molar refractivity (Wildman–Crippen MR) is 101 cm³/mol. The number of amides is 1. The minimum Gasteiger partial charge on any atom is -0.378 e. The second-order valence-corrected chi connectivity index (χ2v) is 6.74. The highest BCUT2D eigenvalue weighted by molar-refractivity contribution is 6.12. The Hall–Kier alpha value is -3.00. The second-order valence-electron chi connectivity index (χ2n) is 6.74. The Bertz CT molecular complexity index is 946. The summed E-state index contributed by atoms with van der Waals surface area (Å²) in [4.78, 5) is 23.3. The van der Waals surface area contributed by atoms with E-state index in [1.807, 2.05) is 24.3 Å². The molecule has 2 aromatic heterocycles. The maximum absolute atomic E-state index is 12.8. The van der Waals surface area contributed by atoms with Crippen molar-refractivity contribution in [3.63, 3.8) is 0 Å². The molecule has 1 aliphatic rings. The number of anilines is 2. The number of morpholine rings is 1. The van der Waals surface area contributed by atoms with Crippen LogP contribution in [0.15, 0.2) is 35.1 Å². The van der Waals surface area contributed by atoms with Gasteiger partial charge in [0.2, 0.25) is 0 Å². The average Bonchev–Trinajstić information content (AvgIpc) is 3.13. The fourth-order valence-electron chi connectivity index (χ4n) is 3.08. The lowest BCUT2D eigenvalue weighted by Crippen LogP contribution is -2.37. The molecular weight excluding hydrogens is 346 g/mol. The first kappa shape index (κ1) is 17.4. The van der Waals surface area contributed by atoms with Gasteiger partial charge in [0.15, 0.2) is 5.69 Å². The molecule has 0 aliphatic carbocycles. The van der Waals surface area contributed by atoms with Crippen LogP contribution >= 0.6 is 0 Å². The molecule has 3 heterocycles. The highest BCUT2D eigenvalue weighted by Crippen LogP contribution is 2.27. The van der Waals surface area contributed by atoms with E-state index in [2.05, 4.69) is 39.2 Å². The first-order valence-electron chi connectivity index (χ1n) is 8.98. The maximum atomic E-state index is 12.8. The predicted octanol–water partition coefficient (Wildman–Crippen LogP) is 2.83. The van der Waals surface area contributed by atoms with E-state index in [1.54, 1.807) is 0 Å². The minimum atomic E-state index is -0.352. The van der Waals surface area contributed by atoms with Crippen molar-refractivity contribution in [1.29, 1.82) is 0 Å². The van der Waals surface area contributed by atoms with E-state index in [4.69, 9.17) is 9.26 Å². The van der Waals surface area contributed by atoms with Crippen LogP contribution in [0, 0.1) is 0 Å². The molecule has 0 saturated carbocycles. The van der Waals surface area contributed by atoms with Crippen LogP contribution in [0.5, 0.6) is 0 Å². The Morgan fingerprint density at radius 3 is 2.59 bits per heavy atom. The van der Waals surface area contributed by atoms with Crippen LogP contribution in [-0.4, -0.2) is 47.3 Å². The molecule has 0 unspecified atom stereocenters. The molecule has 8 heteroatoms. The molecule has 1 aromatic carbocycles. The Labute approximate surface area is 156 Å². The van der Waals surface area contributed by atoms with Gasteiger partial charge in [0.25, 0.3) is 11.6 Å². The zero-order valence-electron chi connectivity index (χ0n) is 15.3. The molecule has 1 saturated heterocycles. The van der Waals surface area contributed by atoms with Crippen LogP contribution < -0.4 is 10.2 Å². The number of nitrogens with one attached hydrogen (secondary N) is 1. The number of aromatic nitrogens is 3. The van der Waals surface area contributed by atoms with E-state index >= 15 is 0 Å². The number of hydrogen-bond acceptors (Lipinski definition) is 7. The van der Waals surface area contributed by atoms with E-state index in [0.29, 0.717) is 54.8 Å². The van der Waals surface area contributed by atoms with Crippen LogP contribution in [0.3, 0.4) is 0 Å². The fraction of sp³-hybridized carbons (Fsp3) is 0.368. The third kappa shape index (κ3) is 3.48. The Morgan fingerprint density at radius 1 is 1.15 bits per heavy atom. The number of rotatable bonds is 4. The molecule has 1 N–H and O–H groups in total. The van der Waals surface area contributed by atoms with Crippen molar-refractivity contribution >= 4 is 28.5 Å². The summed E-state index contributed by atoms with van der Waals surface area (Å²) in [7, 11) is 0. The minimum absolute atomic E-state index is 0.181. The molecule has 3 aromatic rings. The van der Waals surface area contributed by atoms with Crippen LogP contribution in [0.25, 0.3) is 11.1 Å². The molecule has 1 fully saturated rings. The summed E-state index contributed by atoms with van der Waals surface area (Å²) in [6.07, 6.45) is 1.42. The van der Waals surface area contributed by atoms with Gasteiger partial charge in [0, 0.05) is 18.8 Å². The van der Waals surface area contributed by atoms with Crippen LogP contribution in [0.2, 0.25) is 0 Å². The zero-order chi connectivity index (χ0) is 18.8. The van der Waals surface area contributed by atoms with Gasteiger partial charge in [0.05, 0.1) is 13.2 Å². The van der Waals surface area contributed by atoms with Crippen molar-refractivity contribution in [2.45, 2.75) is 19.8 Å². The molecule has 8 nitrogen and oxygen atoms in total. The summed E-state index contributed by atoms with van der Waals surface area (Å²) in [5.41, 5.74) is 2.39. The fourth-order valence-corrected chi connectivity index (χ4v) is 3.08. The molecule has 1 amide bonds. The number of carbonyl (C=O) groups is 1. The van der Waals surface area contributed by atoms with E-state index in [0.717, 1.165) is 0 Å². The van der Waals surface area contributed by atoms with Gasteiger partial charge in [-0.15, -0.1) is 0 Å². The number of benzene rings is 1. The smallest absolute Gasteiger partial charge is 0.278 e. The molecule has 0 bridgehead atoms. The summed E-state index contributed by atoms with van der Waals surface area (Å²) >= 11 is 0. The average molecular weight is 367 g/mol. The van der Waals surface area contributed by atoms with E-state index < -0.39 is 0 Å². The maximum Gasteiger partial charge on any atom is 0.278 e. The van der Waals surface area contributed by atoms with Gasteiger partial charge in [-0.3, -0.25) is 4.79 Å². The molecule has 4 rings (SSSR count). The first-order valence-corrected chi connectivity index (χ1v) is 8.98. The third-order valence-corrected chi connectivity index (χ3v) is 4.61. The van der Waals surface area contributed by atoms with Crippen molar-refractivity contribution in [2.24, 2.45) is 0 Å². The zero-order valence-corrected chi connectivity index (χ0v) is 15.3. The number of ether oxygens (including phenoxy) is 1. The van der Waals surface area contributed by atoms with Crippen molar-refractivity contribution in [3.05, 3.63) is 41.9 Å². The van der Waals surface area contributed by atoms with Gasteiger partial charge in [-0.05, 0) is 23.6 Å². The van der Waals surface area contributed by atoms with Gasteiger partial charge in [0.1, 0.15) is 17.5 Å². The van der Waals surface area contributed by atoms with Crippen molar-refractivity contribution in [1.82, 2.24) is 15.1 Å². The number of nitrogens with zero attached hydrogens (tertiary/aromatic N) is 4. The lowest BCUT2D eigenvalue weighted by atomic mass is 10.0. The van der Waals surface area contributed by atoms with E-state index in [9.17, 15) is 4.79 Å². The quantitative estimate of drug-likeness (QED) is 0.758. The molecule has 0 radical (unpaired) electrons. The van der Waals surface area contributed by atoms with Crippen LogP contribution in [0.4, 0.5) is 11.5 Å². The number of carbonyl (C=O) groups excluding carboxylic acids is 1. The van der Waals surface area contributed by atoms with Gasteiger partial charge in [-0.1, -0.05) is 31.1 Å². The molecule has 0 spiro atoms. The lowest BCUT2D eigenvalue weighted by molar-refractivity contribution is 0.102. The number of fused-ring (bicyclic) bond motifs is 1. The summed E-state index contributed by atoms with van der Waals surface area (Å²) in [6, 6.07) is 7.77. The highest BCUT2D eigenvalue weighted by atomic mass is 16.5. The standard InChI is InChI=1S/C19H21N5O3/c1-12(2)13-3-5-14(6-4-13)22-18(25)16-15-17(24-7-9-26-10-8-24)20-11-21-19(15)27-23-16/h3-6,11-12H,7-10H2,1-2H3,(H,22,25). The summed E-state index contributed by atoms with van der Waals surface area (Å²) in [6.45, 7) is 6.86. The molecule has 140 valence electrons. The second kappa shape index (κ2) is 7.32.